The highest BCUT2D eigenvalue weighted by Gasteiger charge is 2.56. The van der Waals surface area contributed by atoms with Crippen LogP contribution in [0.5, 0.6) is 0 Å². The van der Waals surface area contributed by atoms with Crippen molar-refractivity contribution < 1.29 is 0 Å². The third kappa shape index (κ3) is 9.93. The van der Waals surface area contributed by atoms with Gasteiger partial charge in [0.05, 0.1) is 22.2 Å². The third-order valence-corrected chi connectivity index (χ3v) is 27.7. The quantitative estimate of drug-likeness (QED) is 0.119. The molecule has 124 heavy (non-hydrogen) atoms. The normalized spacial score (nSPS) is 13.1. The molecule has 2 heteroatoms. The Balaban J connectivity index is 0.668. The molecule has 0 saturated heterocycles. The number of fused-ring (bicyclic) bond motifs is 34. The summed E-state index contributed by atoms with van der Waals surface area (Å²) in [5, 5.41) is 14.9. The predicted octanol–water partition coefficient (Wildman–Crippen LogP) is 32.6. The Morgan fingerprint density at radius 2 is 0.516 bits per heavy atom. The van der Waals surface area contributed by atoms with Crippen LogP contribution in [0.4, 0.5) is 34.1 Å². The Morgan fingerprint density at radius 1 is 0.153 bits per heavy atom. The summed E-state index contributed by atoms with van der Waals surface area (Å²) in [6.45, 7) is 0. The second kappa shape index (κ2) is 27.3. The maximum Gasteiger partial charge on any atom is 0.0737 e. The van der Waals surface area contributed by atoms with Crippen molar-refractivity contribution in [2.75, 3.05) is 9.80 Å². The number of rotatable bonds is 11. The molecule has 0 saturated carbocycles. The van der Waals surface area contributed by atoms with Gasteiger partial charge in [-0.25, -0.2) is 0 Å². The molecule has 0 amide bonds. The molecule has 0 N–H and O–H groups in total. The van der Waals surface area contributed by atoms with Crippen LogP contribution >= 0.6 is 0 Å². The molecule has 2 spiro atoms. The highest BCUT2D eigenvalue weighted by molar-refractivity contribution is 6.26. The Kier molecular flexibility index (Phi) is 15.4. The zero-order chi connectivity index (χ0) is 81.3. The summed E-state index contributed by atoms with van der Waals surface area (Å²) in [5.74, 6) is 0. The highest BCUT2D eigenvalue weighted by atomic mass is 15.2. The Hall–Kier alpha value is -16.0. The van der Waals surface area contributed by atoms with E-state index in [1.165, 1.54) is 165 Å². The summed E-state index contributed by atoms with van der Waals surface area (Å²) in [4.78, 5) is 4.98. The van der Waals surface area contributed by atoms with Crippen molar-refractivity contribution in [2.24, 2.45) is 0 Å². The summed E-state index contributed by atoms with van der Waals surface area (Å²) >= 11 is 0. The molecule has 22 aromatic carbocycles. The van der Waals surface area contributed by atoms with Crippen LogP contribution in [0.25, 0.3) is 165 Å². The lowest BCUT2D eigenvalue weighted by molar-refractivity contribution is 0.809. The molecule has 26 rings (SSSR count). The molecule has 4 aliphatic carbocycles. The van der Waals surface area contributed by atoms with E-state index in [1.807, 2.05) is 0 Å². The molecular formula is C122H76N2. The van der Waals surface area contributed by atoms with Crippen LogP contribution in [0.15, 0.2) is 461 Å². The van der Waals surface area contributed by atoms with E-state index in [0.29, 0.717) is 0 Å². The van der Waals surface area contributed by atoms with E-state index in [4.69, 9.17) is 0 Å². The zero-order valence-electron chi connectivity index (χ0n) is 67.8. The maximum absolute atomic E-state index is 2.51. The SMILES string of the molecule is c1ccc(-c2ccc(N(c3ccccc3)c3ccc4c5c(ccc4c3)-c3c(c4ccccc4c4ccccc34)C53c4ccccc4-c4ccccc43)c(-c3cccc(-c4cccc5c6c(c7ccccc7c45)-c4ccc5cc(N(c7ccccc7)c7cc(-c8ccccc8)ccc7-c7ccccc7)ccc5c4C64c5ccccc5-c5ccccc54)c3)c2)cc1. The van der Waals surface area contributed by atoms with Crippen molar-refractivity contribution in [3.05, 3.63) is 506 Å². The van der Waals surface area contributed by atoms with Crippen LogP contribution in [0.3, 0.4) is 0 Å². The van der Waals surface area contributed by atoms with Gasteiger partial charge in [-0.15, -0.1) is 0 Å². The molecular weight excluding hydrogens is 1490 g/mol. The average molecular weight is 1570 g/mol. The minimum absolute atomic E-state index is 0.608. The minimum Gasteiger partial charge on any atom is -0.310 e. The minimum atomic E-state index is -0.731. The maximum atomic E-state index is 2.51. The first-order valence-electron chi connectivity index (χ1n) is 43.3. The van der Waals surface area contributed by atoms with Crippen molar-refractivity contribution >= 4 is 98.8 Å². The lowest BCUT2D eigenvalue weighted by Crippen LogP contribution is -2.26. The number of anilines is 6. The van der Waals surface area contributed by atoms with Crippen LogP contribution in [0.1, 0.15) is 44.5 Å². The summed E-state index contributed by atoms with van der Waals surface area (Å²) in [7, 11) is 0. The Bertz CT molecular complexity index is 8140. The molecule has 0 radical (unpaired) electrons. The van der Waals surface area contributed by atoms with Crippen molar-refractivity contribution in [3.8, 4) is 100 Å². The predicted molar refractivity (Wildman–Crippen MR) is 521 cm³/mol. The molecule has 4 aliphatic rings. The van der Waals surface area contributed by atoms with Crippen molar-refractivity contribution in [1.29, 1.82) is 0 Å². The topological polar surface area (TPSA) is 6.48 Å². The summed E-state index contributed by atoms with van der Waals surface area (Å²) < 4.78 is 0. The number of benzene rings is 22. The Labute approximate surface area is 720 Å². The molecule has 0 atom stereocenters. The van der Waals surface area contributed by atoms with Crippen LogP contribution in [-0.4, -0.2) is 0 Å². The fourth-order valence-corrected chi connectivity index (χ4v) is 22.9. The van der Waals surface area contributed by atoms with Gasteiger partial charge >= 0.3 is 0 Å². The zero-order valence-corrected chi connectivity index (χ0v) is 67.8. The average Bonchev–Trinajstić information content (AvgIpc) is 1.49. The highest BCUT2D eigenvalue weighted by Crippen LogP contribution is 2.70. The molecule has 2 nitrogen and oxygen atoms in total. The number of nitrogens with zero attached hydrogens (tertiary/aromatic N) is 2. The fraction of sp³-hybridized carbons (Fsp3) is 0.0164. The second-order valence-electron chi connectivity index (χ2n) is 33.8. The number of hydrogen-bond donors (Lipinski definition) is 0. The smallest absolute Gasteiger partial charge is 0.0737 e. The van der Waals surface area contributed by atoms with Crippen molar-refractivity contribution in [3.63, 3.8) is 0 Å². The summed E-state index contributed by atoms with van der Waals surface area (Å²) in [6, 6.07) is 174. The van der Waals surface area contributed by atoms with Gasteiger partial charge in [-0.05, 0) is 271 Å². The van der Waals surface area contributed by atoms with Crippen molar-refractivity contribution in [2.45, 2.75) is 10.8 Å². The first kappa shape index (κ1) is 69.9. The van der Waals surface area contributed by atoms with Crippen LogP contribution in [-0.2, 0) is 10.8 Å². The molecule has 0 aliphatic heterocycles. The Morgan fingerprint density at radius 3 is 1.04 bits per heavy atom. The molecule has 0 bridgehead atoms. The van der Waals surface area contributed by atoms with E-state index in [2.05, 4.69) is 471 Å². The molecule has 0 unspecified atom stereocenters. The molecule has 0 fully saturated rings. The fourth-order valence-electron chi connectivity index (χ4n) is 22.9. The lowest BCUT2D eigenvalue weighted by atomic mass is 9.68. The number of para-hydroxylation sites is 2. The van der Waals surface area contributed by atoms with Crippen LogP contribution in [0.2, 0.25) is 0 Å². The second-order valence-corrected chi connectivity index (χ2v) is 33.8. The van der Waals surface area contributed by atoms with E-state index >= 15 is 0 Å². The van der Waals surface area contributed by atoms with Crippen LogP contribution in [0, 0.1) is 0 Å². The first-order chi connectivity index (χ1) is 61.6. The van der Waals surface area contributed by atoms with Gasteiger partial charge in [0, 0.05) is 33.9 Å². The van der Waals surface area contributed by atoms with Gasteiger partial charge in [-0.3, -0.25) is 0 Å². The third-order valence-electron chi connectivity index (χ3n) is 27.7. The van der Waals surface area contributed by atoms with E-state index in [0.717, 1.165) is 78.6 Å². The van der Waals surface area contributed by atoms with Crippen molar-refractivity contribution in [1.82, 2.24) is 0 Å². The van der Waals surface area contributed by atoms with Crippen LogP contribution < -0.4 is 9.80 Å². The first-order valence-corrected chi connectivity index (χ1v) is 43.3. The van der Waals surface area contributed by atoms with E-state index in [1.54, 1.807) is 0 Å². The summed E-state index contributed by atoms with van der Waals surface area (Å²) in [5.41, 5.74) is 37.6. The van der Waals surface area contributed by atoms with Gasteiger partial charge in [-0.1, -0.05) is 388 Å². The molecule has 574 valence electrons. The van der Waals surface area contributed by atoms with Gasteiger partial charge in [0.25, 0.3) is 0 Å². The van der Waals surface area contributed by atoms with E-state index in [9.17, 15) is 0 Å². The molecule has 0 aromatic heterocycles. The number of hydrogen-bond acceptors (Lipinski definition) is 2. The largest absolute Gasteiger partial charge is 0.310 e. The van der Waals surface area contributed by atoms with E-state index in [-0.39, 0.29) is 0 Å². The standard InChI is InChI=1S/C122H76N2/c1-6-32-77(33-7-1)80-63-71-112(123(86-40-12-4-13-41-86)88-64-69-92-84(73-88)61-67-105-115-100-50-18-16-44-94(100)95-45-17-21-53-103(95)119(115)121(117(92)105)108-56-26-22-46-96(108)97-47-23-27-57-109(97)121)107(75-80)83-39-30-38-82(72-83)91-54-31-55-104-114(91)101-51-19-20-52-102(101)116-106-68-62-85-74-89(65-70-93(85)118(106)122(120(104)116)110-58-28-24-48-98(110)99-49-25-29-59-111(99)122)124(87-42-14-5-15-43-87)113-76-81(78-34-8-2-9-35-78)60-66-90(113)79-36-10-3-11-37-79/h1-76H. The summed E-state index contributed by atoms with van der Waals surface area (Å²) in [6.07, 6.45) is 0. The van der Waals surface area contributed by atoms with Gasteiger partial charge in [0.2, 0.25) is 0 Å². The van der Waals surface area contributed by atoms with Gasteiger partial charge in [0.1, 0.15) is 0 Å². The monoisotopic (exact) mass is 1570 g/mol. The van der Waals surface area contributed by atoms with E-state index < -0.39 is 10.8 Å². The van der Waals surface area contributed by atoms with Gasteiger partial charge in [0.15, 0.2) is 0 Å². The van der Waals surface area contributed by atoms with Gasteiger partial charge < -0.3 is 9.80 Å². The molecule has 0 heterocycles. The molecule has 22 aromatic rings. The van der Waals surface area contributed by atoms with Gasteiger partial charge in [-0.2, -0.15) is 0 Å². The lowest BCUT2D eigenvalue weighted by Gasteiger charge is -2.33.